The van der Waals surface area contributed by atoms with Crippen LogP contribution in [-0.2, 0) is 0 Å². The minimum atomic E-state index is -0.310. The first-order valence-corrected chi connectivity index (χ1v) is 8.50. The minimum Gasteiger partial charge on any atom is -0.339 e. The van der Waals surface area contributed by atoms with Gasteiger partial charge in [-0.2, -0.15) is 0 Å². The summed E-state index contributed by atoms with van der Waals surface area (Å²) < 4.78 is 0. The second-order valence-electron chi connectivity index (χ2n) is 6.18. The van der Waals surface area contributed by atoms with Crippen LogP contribution in [0.1, 0.15) is 41.7 Å². The Morgan fingerprint density at radius 1 is 1.12 bits per heavy atom. The van der Waals surface area contributed by atoms with Crippen LogP contribution in [0.5, 0.6) is 0 Å². The van der Waals surface area contributed by atoms with E-state index in [0.717, 1.165) is 31.5 Å². The number of carbonyl (C=O) groups excluding carboxylic acids is 2. The molecular formula is C19H22N4O2. The number of nitrogens with one attached hydrogen (secondary N) is 2. The topological polar surface area (TPSA) is 74.3 Å². The highest BCUT2D eigenvalue weighted by Gasteiger charge is 2.19. The van der Waals surface area contributed by atoms with Crippen LogP contribution in [0.2, 0.25) is 0 Å². The Labute approximate surface area is 147 Å². The van der Waals surface area contributed by atoms with Crippen molar-refractivity contribution in [2.45, 2.75) is 25.8 Å². The highest BCUT2D eigenvalue weighted by atomic mass is 16.2. The van der Waals surface area contributed by atoms with E-state index in [1.807, 2.05) is 24.0 Å². The van der Waals surface area contributed by atoms with Crippen molar-refractivity contribution < 1.29 is 9.59 Å². The van der Waals surface area contributed by atoms with Crippen molar-refractivity contribution in [3.8, 4) is 0 Å². The zero-order chi connectivity index (χ0) is 17.6. The van der Waals surface area contributed by atoms with E-state index in [1.54, 1.807) is 36.7 Å². The number of pyridine rings is 1. The summed E-state index contributed by atoms with van der Waals surface area (Å²) in [5, 5.41) is 5.67. The lowest BCUT2D eigenvalue weighted by molar-refractivity contribution is 0.0793. The highest BCUT2D eigenvalue weighted by Crippen LogP contribution is 2.17. The fraction of sp³-hybridized carbons (Fsp3) is 0.316. The maximum Gasteiger partial charge on any atom is 0.319 e. The van der Waals surface area contributed by atoms with Crippen LogP contribution >= 0.6 is 0 Å². The third-order valence-electron chi connectivity index (χ3n) is 4.31. The van der Waals surface area contributed by atoms with E-state index in [0.29, 0.717) is 11.3 Å². The lowest BCUT2D eigenvalue weighted by atomic mass is 10.1. The number of likely N-dealkylation sites (tertiary alicyclic amines) is 1. The van der Waals surface area contributed by atoms with Gasteiger partial charge in [0.25, 0.3) is 5.91 Å². The van der Waals surface area contributed by atoms with Crippen LogP contribution in [0.15, 0.2) is 48.8 Å². The maximum atomic E-state index is 12.4. The summed E-state index contributed by atoms with van der Waals surface area (Å²) in [5.41, 5.74) is 2.18. The number of hydrogen-bond donors (Lipinski definition) is 2. The molecule has 3 amide bonds. The summed E-state index contributed by atoms with van der Waals surface area (Å²) in [6.45, 7) is 3.52. The molecule has 1 aliphatic rings. The summed E-state index contributed by atoms with van der Waals surface area (Å²) in [5.74, 6) is 0.0201. The fourth-order valence-electron chi connectivity index (χ4n) is 2.93. The van der Waals surface area contributed by atoms with Crippen molar-refractivity contribution in [1.82, 2.24) is 15.2 Å². The number of nitrogens with zero attached hydrogens (tertiary/aromatic N) is 2. The van der Waals surface area contributed by atoms with Crippen molar-refractivity contribution in [3.63, 3.8) is 0 Å². The molecule has 1 aromatic carbocycles. The molecular weight excluding hydrogens is 316 g/mol. The van der Waals surface area contributed by atoms with Gasteiger partial charge in [0.2, 0.25) is 0 Å². The molecule has 6 nitrogen and oxygen atoms in total. The average Bonchev–Trinajstić information content (AvgIpc) is 3.16. The third-order valence-corrected chi connectivity index (χ3v) is 4.31. The van der Waals surface area contributed by atoms with E-state index in [1.165, 1.54) is 0 Å². The van der Waals surface area contributed by atoms with Gasteiger partial charge >= 0.3 is 6.03 Å². The number of amides is 3. The average molecular weight is 338 g/mol. The van der Waals surface area contributed by atoms with Crippen LogP contribution in [0.25, 0.3) is 0 Å². The first-order valence-electron chi connectivity index (χ1n) is 8.50. The van der Waals surface area contributed by atoms with Gasteiger partial charge in [-0.1, -0.05) is 6.07 Å². The molecule has 2 heterocycles. The Morgan fingerprint density at radius 3 is 2.56 bits per heavy atom. The predicted octanol–water partition coefficient (Wildman–Crippen LogP) is 3.20. The normalized spacial score (nSPS) is 14.8. The van der Waals surface area contributed by atoms with Crippen LogP contribution in [0.4, 0.5) is 10.5 Å². The Bertz CT molecular complexity index is 742. The largest absolute Gasteiger partial charge is 0.339 e. The first kappa shape index (κ1) is 17.0. The van der Waals surface area contributed by atoms with E-state index in [-0.39, 0.29) is 18.0 Å². The molecule has 1 unspecified atom stereocenters. The van der Waals surface area contributed by atoms with Crippen molar-refractivity contribution >= 4 is 17.6 Å². The van der Waals surface area contributed by atoms with Gasteiger partial charge in [-0.25, -0.2) is 4.79 Å². The molecule has 1 atom stereocenters. The van der Waals surface area contributed by atoms with Gasteiger partial charge in [-0.3, -0.25) is 9.78 Å². The van der Waals surface area contributed by atoms with Gasteiger partial charge in [-0.15, -0.1) is 0 Å². The lowest BCUT2D eigenvalue weighted by Crippen LogP contribution is -2.31. The fourth-order valence-corrected chi connectivity index (χ4v) is 2.93. The molecule has 0 spiro atoms. The minimum absolute atomic E-state index is 0.0201. The van der Waals surface area contributed by atoms with Gasteiger partial charge in [0, 0.05) is 36.7 Å². The first-order chi connectivity index (χ1) is 12.1. The predicted molar refractivity (Wildman–Crippen MR) is 96.4 cm³/mol. The highest BCUT2D eigenvalue weighted by molar-refractivity contribution is 5.97. The molecule has 0 bridgehead atoms. The molecule has 1 aliphatic heterocycles. The zero-order valence-electron chi connectivity index (χ0n) is 14.2. The lowest BCUT2D eigenvalue weighted by Gasteiger charge is -2.17. The molecule has 1 fully saturated rings. The summed E-state index contributed by atoms with van der Waals surface area (Å²) in [7, 11) is 0. The summed E-state index contributed by atoms with van der Waals surface area (Å²) in [4.78, 5) is 30.5. The Morgan fingerprint density at radius 2 is 1.84 bits per heavy atom. The molecule has 130 valence electrons. The maximum absolute atomic E-state index is 12.4. The SMILES string of the molecule is CC(NC(=O)Nc1cccc(C(=O)N2CCCC2)c1)c1ccncc1. The number of benzene rings is 1. The molecule has 2 aromatic rings. The Balaban J connectivity index is 1.61. The van der Waals surface area contributed by atoms with Crippen LogP contribution in [0, 0.1) is 0 Å². The number of hydrogen-bond acceptors (Lipinski definition) is 3. The van der Waals surface area contributed by atoms with Crippen LogP contribution in [0.3, 0.4) is 0 Å². The summed E-state index contributed by atoms with van der Waals surface area (Å²) >= 11 is 0. The molecule has 0 radical (unpaired) electrons. The number of anilines is 1. The second kappa shape index (κ2) is 7.79. The zero-order valence-corrected chi connectivity index (χ0v) is 14.2. The molecule has 1 saturated heterocycles. The van der Waals surface area contributed by atoms with Gasteiger partial charge in [0.05, 0.1) is 6.04 Å². The van der Waals surface area contributed by atoms with Gasteiger partial charge in [-0.05, 0) is 55.7 Å². The van der Waals surface area contributed by atoms with Crippen molar-refractivity contribution in [1.29, 1.82) is 0 Å². The van der Waals surface area contributed by atoms with Crippen molar-refractivity contribution in [2.75, 3.05) is 18.4 Å². The second-order valence-corrected chi connectivity index (χ2v) is 6.18. The summed E-state index contributed by atoms with van der Waals surface area (Å²) in [6.07, 6.45) is 5.50. The standard InChI is InChI=1S/C19H22N4O2/c1-14(15-7-9-20-10-8-15)21-19(25)22-17-6-4-5-16(13-17)18(24)23-11-2-3-12-23/h4-10,13-14H,2-3,11-12H2,1H3,(H2,21,22,25). The molecule has 3 rings (SSSR count). The smallest absolute Gasteiger partial charge is 0.319 e. The van der Waals surface area contributed by atoms with E-state index in [2.05, 4.69) is 15.6 Å². The molecule has 0 aliphatic carbocycles. The molecule has 2 N–H and O–H groups in total. The molecule has 6 heteroatoms. The van der Waals surface area contributed by atoms with E-state index >= 15 is 0 Å². The monoisotopic (exact) mass is 338 g/mol. The quantitative estimate of drug-likeness (QED) is 0.899. The summed E-state index contributed by atoms with van der Waals surface area (Å²) in [6, 6.07) is 10.3. The van der Waals surface area contributed by atoms with Crippen LogP contribution in [-0.4, -0.2) is 34.9 Å². The van der Waals surface area contributed by atoms with Gasteiger partial charge in [0.1, 0.15) is 0 Å². The number of aromatic nitrogens is 1. The molecule has 1 aromatic heterocycles. The van der Waals surface area contributed by atoms with Gasteiger partial charge in [0.15, 0.2) is 0 Å². The number of urea groups is 1. The van der Waals surface area contributed by atoms with Crippen molar-refractivity contribution in [2.24, 2.45) is 0 Å². The van der Waals surface area contributed by atoms with E-state index in [4.69, 9.17) is 0 Å². The van der Waals surface area contributed by atoms with Crippen LogP contribution < -0.4 is 10.6 Å². The molecule has 0 saturated carbocycles. The number of carbonyl (C=O) groups is 2. The van der Waals surface area contributed by atoms with Gasteiger partial charge < -0.3 is 15.5 Å². The Hall–Kier alpha value is -2.89. The van der Waals surface area contributed by atoms with Crippen molar-refractivity contribution in [3.05, 3.63) is 59.9 Å². The Kier molecular flexibility index (Phi) is 5.28. The third kappa shape index (κ3) is 4.35. The number of rotatable bonds is 4. The van der Waals surface area contributed by atoms with E-state index in [9.17, 15) is 9.59 Å². The van der Waals surface area contributed by atoms with E-state index < -0.39 is 0 Å². The molecule has 25 heavy (non-hydrogen) atoms.